The topological polar surface area (TPSA) is 35.2 Å². The first-order valence-corrected chi connectivity index (χ1v) is 7.65. The molecule has 1 aliphatic heterocycles. The third-order valence-electron chi connectivity index (χ3n) is 5.05. The molecule has 1 aliphatic carbocycles. The molecule has 1 aromatic carbocycles. The van der Waals surface area contributed by atoms with E-state index in [0.717, 1.165) is 32.0 Å². The fraction of sp³-hybridized carbons (Fsp3) is 0.647. The van der Waals surface area contributed by atoms with Gasteiger partial charge in [0.05, 0.1) is 0 Å². The normalized spacial score (nSPS) is 32.0. The Morgan fingerprint density at radius 1 is 1.21 bits per heavy atom. The summed E-state index contributed by atoms with van der Waals surface area (Å²) in [6, 6.07) is 8.81. The number of hydrogen-bond donors (Lipinski definition) is 1. The van der Waals surface area contributed by atoms with E-state index < -0.39 is 0 Å². The number of ether oxygens (including phenoxy) is 1. The van der Waals surface area contributed by atoms with Crippen molar-refractivity contribution in [3.8, 4) is 0 Å². The summed E-state index contributed by atoms with van der Waals surface area (Å²) in [6.45, 7) is 4.16. The predicted molar refractivity (Wildman–Crippen MR) is 78.1 cm³/mol. The van der Waals surface area contributed by atoms with Crippen LogP contribution in [0.25, 0.3) is 0 Å². The summed E-state index contributed by atoms with van der Waals surface area (Å²) >= 11 is 0. The summed E-state index contributed by atoms with van der Waals surface area (Å²) < 4.78 is 5.47. The monoisotopic (exact) mass is 259 g/mol. The standard InChI is InChI=1S/C17H25NO/c1-13-6-9-17(18,12-14-7-10-19-11-8-14)16-5-3-2-4-15(13)16/h2-5,13-14H,6-12,18H2,1H3. The molecule has 1 aromatic rings. The largest absolute Gasteiger partial charge is 0.381 e. The molecule has 0 radical (unpaired) electrons. The Balaban J connectivity index is 1.85. The van der Waals surface area contributed by atoms with Crippen molar-refractivity contribution in [1.29, 1.82) is 0 Å². The summed E-state index contributed by atoms with van der Waals surface area (Å²) in [5, 5.41) is 0. The zero-order valence-electron chi connectivity index (χ0n) is 11.9. The van der Waals surface area contributed by atoms with Crippen molar-refractivity contribution in [2.24, 2.45) is 11.7 Å². The van der Waals surface area contributed by atoms with Gasteiger partial charge in [-0.15, -0.1) is 0 Å². The maximum Gasteiger partial charge on any atom is 0.0468 e. The van der Waals surface area contributed by atoms with Gasteiger partial charge in [0.15, 0.2) is 0 Å². The number of hydrogen-bond acceptors (Lipinski definition) is 2. The minimum atomic E-state index is -0.106. The van der Waals surface area contributed by atoms with Crippen LogP contribution in [0.1, 0.15) is 56.1 Å². The molecule has 2 aliphatic rings. The summed E-state index contributed by atoms with van der Waals surface area (Å²) in [5.41, 5.74) is 9.60. The van der Waals surface area contributed by atoms with E-state index in [0.29, 0.717) is 5.92 Å². The zero-order valence-corrected chi connectivity index (χ0v) is 11.9. The second-order valence-electron chi connectivity index (χ2n) is 6.44. The Kier molecular flexibility index (Phi) is 3.64. The average Bonchev–Trinajstić information content (AvgIpc) is 2.45. The highest BCUT2D eigenvalue weighted by Gasteiger charge is 2.37. The third-order valence-corrected chi connectivity index (χ3v) is 5.05. The van der Waals surface area contributed by atoms with E-state index in [2.05, 4.69) is 31.2 Å². The van der Waals surface area contributed by atoms with Crippen molar-refractivity contribution in [3.05, 3.63) is 35.4 Å². The lowest BCUT2D eigenvalue weighted by Crippen LogP contribution is -2.43. The third kappa shape index (κ3) is 2.56. The molecule has 0 saturated carbocycles. The van der Waals surface area contributed by atoms with Gasteiger partial charge < -0.3 is 10.5 Å². The van der Waals surface area contributed by atoms with Crippen LogP contribution in [0.2, 0.25) is 0 Å². The highest BCUT2D eigenvalue weighted by atomic mass is 16.5. The molecule has 2 unspecified atom stereocenters. The Hall–Kier alpha value is -0.860. The fourth-order valence-corrected chi connectivity index (χ4v) is 3.82. The van der Waals surface area contributed by atoms with E-state index in [1.807, 2.05) is 0 Å². The van der Waals surface area contributed by atoms with E-state index in [-0.39, 0.29) is 5.54 Å². The number of rotatable bonds is 2. The number of fused-ring (bicyclic) bond motifs is 1. The lowest BCUT2D eigenvalue weighted by atomic mass is 9.68. The van der Waals surface area contributed by atoms with Crippen molar-refractivity contribution in [2.75, 3.05) is 13.2 Å². The summed E-state index contributed by atoms with van der Waals surface area (Å²) in [6.07, 6.45) is 5.83. The molecule has 3 rings (SSSR count). The summed E-state index contributed by atoms with van der Waals surface area (Å²) in [5.74, 6) is 1.39. The van der Waals surface area contributed by atoms with Crippen LogP contribution in [-0.2, 0) is 10.3 Å². The smallest absolute Gasteiger partial charge is 0.0468 e. The molecule has 2 atom stereocenters. The molecule has 2 N–H and O–H groups in total. The molecule has 0 aromatic heterocycles. The molecule has 0 spiro atoms. The van der Waals surface area contributed by atoms with E-state index in [9.17, 15) is 0 Å². The fourth-order valence-electron chi connectivity index (χ4n) is 3.82. The van der Waals surface area contributed by atoms with Gasteiger partial charge >= 0.3 is 0 Å². The van der Waals surface area contributed by atoms with Gasteiger partial charge in [-0.1, -0.05) is 31.2 Å². The SMILES string of the molecule is CC1CCC(N)(CC2CCOCC2)c2ccccc21. The van der Waals surface area contributed by atoms with Crippen molar-refractivity contribution in [3.63, 3.8) is 0 Å². The van der Waals surface area contributed by atoms with E-state index in [4.69, 9.17) is 10.5 Å². The van der Waals surface area contributed by atoms with Gasteiger partial charge in [0.1, 0.15) is 0 Å². The highest BCUT2D eigenvalue weighted by Crippen LogP contribution is 2.43. The van der Waals surface area contributed by atoms with E-state index in [1.165, 1.54) is 30.4 Å². The molecule has 104 valence electrons. The molecule has 0 amide bonds. The second-order valence-corrected chi connectivity index (χ2v) is 6.44. The first kappa shape index (κ1) is 13.1. The van der Waals surface area contributed by atoms with Crippen LogP contribution in [0.3, 0.4) is 0 Å². The minimum absolute atomic E-state index is 0.106. The molecular formula is C17H25NO. The lowest BCUT2D eigenvalue weighted by Gasteiger charge is -2.41. The van der Waals surface area contributed by atoms with Crippen LogP contribution in [0, 0.1) is 5.92 Å². The first-order valence-electron chi connectivity index (χ1n) is 7.65. The molecule has 1 heterocycles. The molecule has 1 saturated heterocycles. The van der Waals surface area contributed by atoms with Gasteiger partial charge in [-0.25, -0.2) is 0 Å². The average molecular weight is 259 g/mol. The minimum Gasteiger partial charge on any atom is -0.381 e. The zero-order chi connectivity index (χ0) is 13.3. The van der Waals surface area contributed by atoms with Crippen LogP contribution in [0.4, 0.5) is 0 Å². The van der Waals surface area contributed by atoms with Crippen molar-refractivity contribution < 1.29 is 4.74 Å². The van der Waals surface area contributed by atoms with Gasteiger partial charge in [-0.2, -0.15) is 0 Å². The van der Waals surface area contributed by atoms with Gasteiger partial charge in [0, 0.05) is 18.8 Å². The molecule has 2 heteroatoms. The Labute approximate surface area is 116 Å². The molecule has 2 nitrogen and oxygen atoms in total. The molecule has 1 fully saturated rings. The van der Waals surface area contributed by atoms with Crippen LogP contribution >= 0.6 is 0 Å². The van der Waals surface area contributed by atoms with Gasteiger partial charge in [0.25, 0.3) is 0 Å². The van der Waals surface area contributed by atoms with Crippen molar-refractivity contribution >= 4 is 0 Å². The van der Waals surface area contributed by atoms with E-state index in [1.54, 1.807) is 0 Å². The highest BCUT2D eigenvalue weighted by molar-refractivity contribution is 5.38. The van der Waals surface area contributed by atoms with Crippen LogP contribution in [0.15, 0.2) is 24.3 Å². The summed E-state index contributed by atoms with van der Waals surface area (Å²) in [4.78, 5) is 0. The first-order chi connectivity index (χ1) is 9.19. The van der Waals surface area contributed by atoms with Crippen LogP contribution < -0.4 is 5.73 Å². The molecule has 19 heavy (non-hydrogen) atoms. The number of nitrogens with two attached hydrogens (primary N) is 1. The van der Waals surface area contributed by atoms with Crippen molar-refractivity contribution in [1.82, 2.24) is 0 Å². The Morgan fingerprint density at radius 3 is 2.74 bits per heavy atom. The van der Waals surface area contributed by atoms with Gasteiger partial charge in [-0.3, -0.25) is 0 Å². The quantitative estimate of drug-likeness (QED) is 0.881. The predicted octanol–water partition coefficient (Wildman–Crippen LogP) is 3.55. The maximum absolute atomic E-state index is 6.82. The maximum atomic E-state index is 6.82. The lowest BCUT2D eigenvalue weighted by molar-refractivity contribution is 0.0541. The number of benzene rings is 1. The second kappa shape index (κ2) is 5.26. The molecular weight excluding hydrogens is 234 g/mol. The summed E-state index contributed by atoms with van der Waals surface area (Å²) in [7, 11) is 0. The van der Waals surface area contributed by atoms with E-state index >= 15 is 0 Å². The Bertz CT molecular complexity index is 439. The van der Waals surface area contributed by atoms with Crippen LogP contribution in [-0.4, -0.2) is 13.2 Å². The Morgan fingerprint density at radius 2 is 1.95 bits per heavy atom. The van der Waals surface area contributed by atoms with Gasteiger partial charge in [-0.05, 0) is 55.1 Å². The molecule has 0 bridgehead atoms. The van der Waals surface area contributed by atoms with Gasteiger partial charge in [0.2, 0.25) is 0 Å². The van der Waals surface area contributed by atoms with Crippen molar-refractivity contribution in [2.45, 2.75) is 50.5 Å². The van der Waals surface area contributed by atoms with Crippen LogP contribution in [0.5, 0.6) is 0 Å².